The first-order valence-electron chi connectivity index (χ1n) is 5.98. The highest BCUT2D eigenvalue weighted by atomic mass is 35.5. The maximum absolute atomic E-state index is 6.12. The molecule has 1 N–H and O–H groups in total. The molecule has 2 rings (SSSR count). The molecule has 0 aliphatic heterocycles. The number of nitrogens with zero attached hydrogens (tertiary/aromatic N) is 2. The number of halogens is 1. The summed E-state index contributed by atoms with van der Waals surface area (Å²) in [6.07, 6.45) is 7.45. The van der Waals surface area contributed by atoms with Crippen molar-refractivity contribution in [2.24, 2.45) is 0 Å². The van der Waals surface area contributed by atoms with Crippen molar-refractivity contribution in [2.75, 3.05) is 18.3 Å². The van der Waals surface area contributed by atoms with Gasteiger partial charge in [-0.15, -0.1) is 11.6 Å². The van der Waals surface area contributed by atoms with Crippen LogP contribution in [0.3, 0.4) is 0 Å². The fourth-order valence-electron chi connectivity index (χ4n) is 2.31. The molecule has 17 heavy (non-hydrogen) atoms. The summed E-state index contributed by atoms with van der Waals surface area (Å²) in [5, 5.41) is 3.46. The third kappa shape index (κ3) is 3.00. The standard InChI is InChI=1S/C12H18ClN3O/c1-17-11-7-10(14-9-15-11)16-12(8-13)5-3-2-4-6-12/h7,9H,2-6,8H2,1H3,(H,14,15,16). The molecule has 1 aliphatic carbocycles. The van der Waals surface area contributed by atoms with Crippen molar-refractivity contribution < 1.29 is 4.74 Å². The topological polar surface area (TPSA) is 47.0 Å². The highest BCUT2D eigenvalue weighted by Gasteiger charge is 2.31. The van der Waals surface area contributed by atoms with Gasteiger partial charge in [0.05, 0.1) is 12.6 Å². The van der Waals surface area contributed by atoms with E-state index in [9.17, 15) is 0 Å². The van der Waals surface area contributed by atoms with Gasteiger partial charge < -0.3 is 10.1 Å². The van der Waals surface area contributed by atoms with Gasteiger partial charge in [0.25, 0.3) is 0 Å². The maximum Gasteiger partial charge on any atom is 0.218 e. The fourth-order valence-corrected chi connectivity index (χ4v) is 2.65. The number of rotatable bonds is 4. The Bertz CT molecular complexity index is 367. The van der Waals surface area contributed by atoms with E-state index >= 15 is 0 Å². The minimum Gasteiger partial charge on any atom is -0.481 e. The molecule has 0 unspecified atom stereocenters. The Morgan fingerprint density at radius 3 is 2.76 bits per heavy atom. The van der Waals surface area contributed by atoms with Crippen molar-refractivity contribution in [3.8, 4) is 5.88 Å². The summed E-state index contributed by atoms with van der Waals surface area (Å²) in [6, 6.07) is 1.81. The van der Waals surface area contributed by atoms with Crippen LogP contribution in [0.5, 0.6) is 5.88 Å². The van der Waals surface area contributed by atoms with E-state index in [0.717, 1.165) is 18.7 Å². The largest absolute Gasteiger partial charge is 0.481 e. The second-order valence-corrected chi connectivity index (χ2v) is 4.81. The van der Waals surface area contributed by atoms with Gasteiger partial charge in [-0.3, -0.25) is 0 Å². The molecule has 1 heterocycles. The highest BCUT2D eigenvalue weighted by Crippen LogP contribution is 2.32. The molecule has 0 radical (unpaired) electrons. The van der Waals surface area contributed by atoms with Crippen LogP contribution in [0.15, 0.2) is 12.4 Å². The molecule has 94 valence electrons. The number of aromatic nitrogens is 2. The number of ether oxygens (including phenoxy) is 1. The number of nitrogens with one attached hydrogen (secondary N) is 1. The molecule has 1 saturated carbocycles. The molecule has 0 atom stereocenters. The lowest BCUT2D eigenvalue weighted by atomic mass is 9.83. The van der Waals surface area contributed by atoms with E-state index in [-0.39, 0.29) is 5.54 Å². The Hall–Kier alpha value is -1.03. The van der Waals surface area contributed by atoms with Crippen molar-refractivity contribution in [1.82, 2.24) is 9.97 Å². The van der Waals surface area contributed by atoms with Crippen molar-refractivity contribution in [1.29, 1.82) is 0 Å². The number of methoxy groups -OCH3 is 1. The molecule has 4 nitrogen and oxygen atoms in total. The monoisotopic (exact) mass is 255 g/mol. The van der Waals surface area contributed by atoms with Gasteiger partial charge in [0.1, 0.15) is 12.1 Å². The number of hydrogen-bond acceptors (Lipinski definition) is 4. The van der Waals surface area contributed by atoms with E-state index in [1.165, 1.54) is 25.6 Å². The lowest BCUT2D eigenvalue weighted by Crippen LogP contribution is -2.42. The molecule has 0 spiro atoms. The van der Waals surface area contributed by atoms with Crippen LogP contribution in [0.2, 0.25) is 0 Å². The zero-order chi connectivity index (χ0) is 12.1. The summed E-state index contributed by atoms with van der Waals surface area (Å²) in [5.74, 6) is 1.97. The molecule has 1 aromatic rings. The minimum atomic E-state index is -0.0147. The van der Waals surface area contributed by atoms with E-state index < -0.39 is 0 Å². The van der Waals surface area contributed by atoms with Gasteiger partial charge in [0, 0.05) is 11.9 Å². The van der Waals surface area contributed by atoms with Crippen molar-refractivity contribution >= 4 is 17.4 Å². The van der Waals surface area contributed by atoms with Gasteiger partial charge in [-0.2, -0.15) is 0 Å². The third-order valence-electron chi connectivity index (χ3n) is 3.31. The lowest BCUT2D eigenvalue weighted by molar-refractivity contribution is 0.351. The van der Waals surface area contributed by atoms with Crippen LogP contribution in [0.1, 0.15) is 32.1 Å². The number of anilines is 1. The van der Waals surface area contributed by atoms with Crippen LogP contribution in [-0.4, -0.2) is 28.5 Å². The smallest absolute Gasteiger partial charge is 0.218 e. The van der Waals surface area contributed by atoms with Gasteiger partial charge in [-0.05, 0) is 12.8 Å². The van der Waals surface area contributed by atoms with Crippen LogP contribution in [0.25, 0.3) is 0 Å². The van der Waals surface area contributed by atoms with Gasteiger partial charge in [0.2, 0.25) is 5.88 Å². The molecule has 0 bridgehead atoms. The Morgan fingerprint density at radius 1 is 1.35 bits per heavy atom. The molecule has 1 aromatic heterocycles. The minimum absolute atomic E-state index is 0.0147. The predicted molar refractivity (Wildman–Crippen MR) is 68.7 cm³/mol. The van der Waals surface area contributed by atoms with Crippen LogP contribution < -0.4 is 10.1 Å². The van der Waals surface area contributed by atoms with Crippen LogP contribution in [-0.2, 0) is 0 Å². The SMILES string of the molecule is COc1cc(NC2(CCl)CCCCC2)ncn1. The first kappa shape index (κ1) is 12.4. The average molecular weight is 256 g/mol. The van der Waals surface area contributed by atoms with Crippen LogP contribution in [0, 0.1) is 0 Å². The van der Waals surface area contributed by atoms with E-state index in [1.807, 2.05) is 6.07 Å². The second-order valence-electron chi connectivity index (χ2n) is 4.55. The van der Waals surface area contributed by atoms with Gasteiger partial charge in [-0.1, -0.05) is 19.3 Å². The summed E-state index contributed by atoms with van der Waals surface area (Å²) in [4.78, 5) is 8.21. The normalized spacial score (nSPS) is 18.7. The highest BCUT2D eigenvalue weighted by molar-refractivity contribution is 6.18. The van der Waals surface area contributed by atoms with E-state index in [2.05, 4.69) is 15.3 Å². The molecule has 0 aromatic carbocycles. The van der Waals surface area contributed by atoms with Crippen molar-refractivity contribution in [2.45, 2.75) is 37.6 Å². The van der Waals surface area contributed by atoms with Crippen molar-refractivity contribution in [3.63, 3.8) is 0 Å². The third-order valence-corrected chi connectivity index (χ3v) is 3.82. The summed E-state index contributed by atoms with van der Waals surface area (Å²) >= 11 is 6.12. The van der Waals surface area contributed by atoms with Crippen LogP contribution in [0.4, 0.5) is 5.82 Å². The molecular weight excluding hydrogens is 238 g/mol. The van der Waals surface area contributed by atoms with Crippen LogP contribution >= 0.6 is 11.6 Å². The molecule has 0 amide bonds. The van der Waals surface area contributed by atoms with Crippen molar-refractivity contribution in [3.05, 3.63) is 12.4 Å². The summed E-state index contributed by atoms with van der Waals surface area (Å²) in [5.41, 5.74) is -0.0147. The van der Waals surface area contributed by atoms with Gasteiger partial charge in [-0.25, -0.2) is 9.97 Å². The quantitative estimate of drug-likeness (QED) is 0.841. The van der Waals surface area contributed by atoms with E-state index in [0.29, 0.717) is 11.8 Å². The van der Waals surface area contributed by atoms with Gasteiger partial charge in [0.15, 0.2) is 0 Å². The Balaban J connectivity index is 2.11. The average Bonchev–Trinajstić information content (AvgIpc) is 2.40. The summed E-state index contributed by atoms with van der Waals surface area (Å²) < 4.78 is 5.09. The summed E-state index contributed by atoms with van der Waals surface area (Å²) in [6.45, 7) is 0. The Morgan fingerprint density at radius 2 is 2.12 bits per heavy atom. The molecular formula is C12H18ClN3O. The Kier molecular flexibility index (Phi) is 4.05. The first-order chi connectivity index (χ1) is 8.28. The lowest BCUT2D eigenvalue weighted by Gasteiger charge is -2.36. The van der Waals surface area contributed by atoms with E-state index in [1.54, 1.807) is 7.11 Å². The second kappa shape index (κ2) is 5.54. The summed E-state index contributed by atoms with van der Waals surface area (Å²) in [7, 11) is 1.60. The predicted octanol–water partition coefficient (Wildman–Crippen LogP) is 2.84. The molecule has 5 heteroatoms. The number of alkyl halides is 1. The first-order valence-corrected chi connectivity index (χ1v) is 6.52. The Labute approximate surface area is 107 Å². The molecule has 0 saturated heterocycles. The number of hydrogen-bond donors (Lipinski definition) is 1. The molecule has 1 fully saturated rings. The van der Waals surface area contributed by atoms with E-state index in [4.69, 9.17) is 16.3 Å². The van der Waals surface area contributed by atoms with Gasteiger partial charge >= 0.3 is 0 Å². The zero-order valence-electron chi connectivity index (χ0n) is 10.1. The zero-order valence-corrected chi connectivity index (χ0v) is 10.8. The fraction of sp³-hybridized carbons (Fsp3) is 0.667. The molecule has 1 aliphatic rings. The maximum atomic E-state index is 6.12.